The lowest BCUT2D eigenvalue weighted by atomic mass is 9.52. The van der Waals surface area contributed by atoms with Crippen LogP contribution in [-0.2, 0) is 16.6 Å². The summed E-state index contributed by atoms with van der Waals surface area (Å²) in [6, 6.07) is 16.9. The number of ketones is 1. The van der Waals surface area contributed by atoms with Crippen LogP contribution in [0.5, 0.6) is 11.5 Å². The number of nitrogens with zero attached hydrogens (tertiary/aromatic N) is 4. The maximum absolute atomic E-state index is 13.1. The van der Waals surface area contributed by atoms with Crippen LogP contribution < -0.4 is 10.2 Å². The summed E-state index contributed by atoms with van der Waals surface area (Å²) in [5.74, 6) is 1.27. The van der Waals surface area contributed by atoms with Gasteiger partial charge in [0.25, 0.3) is 5.91 Å². The summed E-state index contributed by atoms with van der Waals surface area (Å²) >= 11 is 18.6. The van der Waals surface area contributed by atoms with Gasteiger partial charge in [0.15, 0.2) is 29.1 Å². The Bertz CT molecular complexity index is 2030. The minimum atomic E-state index is -0.366. The van der Waals surface area contributed by atoms with Crippen LogP contribution in [-0.4, -0.2) is 75.3 Å². The maximum atomic E-state index is 13.1. The van der Waals surface area contributed by atoms with Crippen molar-refractivity contribution in [3.05, 3.63) is 92.0 Å². The number of aromatic nitrogens is 2. The van der Waals surface area contributed by atoms with Crippen LogP contribution in [0.1, 0.15) is 65.7 Å². The van der Waals surface area contributed by atoms with E-state index in [0.717, 1.165) is 74.1 Å². The number of carbonyl (C=O) groups is 2. The summed E-state index contributed by atoms with van der Waals surface area (Å²) < 4.78 is 7.74. The summed E-state index contributed by atoms with van der Waals surface area (Å²) in [4.78, 5) is 28.0. The number of likely N-dealkylation sites (N-methyl/N-ethyl adjacent to an activating group) is 1. The molecule has 4 atom stereocenters. The van der Waals surface area contributed by atoms with Gasteiger partial charge >= 0.3 is 0 Å². The first-order chi connectivity index (χ1) is 24.6. The molecule has 5 aliphatic rings. The van der Waals surface area contributed by atoms with Crippen LogP contribution in [0.2, 0.25) is 15.1 Å². The number of Topliss-reactive ketones (excluding diaryl/α,β-unsaturated/α-hetero) is 1. The lowest BCUT2D eigenvalue weighted by molar-refractivity contribution is -0.138. The van der Waals surface area contributed by atoms with E-state index in [-0.39, 0.29) is 41.4 Å². The predicted molar refractivity (Wildman–Crippen MR) is 206 cm³/mol. The average Bonchev–Trinajstić information content (AvgIpc) is 3.65. The quantitative estimate of drug-likeness (QED) is 0.217. The molecule has 3 fully saturated rings. The summed E-state index contributed by atoms with van der Waals surface area (Å²) in [5, 5.41) is 18.4. The fourth-order valence-corrected chi connectivity index (χ4v) is 9.82. The lowest BCUT2D eigenvalue weighted by Crippen LogP contribution is -2.65. The van der Waals surface area contributed by atoms with Crippen LogP contribution in [0.3, 0.4) is 0 Å². The van der Waals surface area contributed by atoms with Gasteiger partial charge in [0.05, 0.1) is 16.4 Å². The number of likely N-dealkylation sites (tertiary alicyclic amines) is 1. The first-order valence-corrected chi connectivity index (χ1v) is 18.8. The first-order valence-electron chi connectivity index (χ1n) is 17.7. The first kappa shape index (κ1) is 37.0. The molecular weight excluding hydrogens is 744 g/mol. The van der Waals surface area contributed by atoms with Crippen molar-refractivity contribution in [2.75, 3.05) is 26.7 Å². The van der Waals surface area contributed by atoms with E-state index in [0.29, 0.717) is 50.6 Å². The number of nitrogens with one attached hydrogen (secondary N) is 1. The number of benzene rings is 3. The van der Waals surface area contributed by atoms with Crippen molar-refractivity contribution in [2.24, 2.45) is 5.92 Å². The Kier molecular flexibility index (Phi) is 10.3. The molecule has 1 aromatic heterocycles. The van der Waals surface area contributed by atoms with E-state index < -0.39 is 0 Å². The normalized spacial score (nSPS) is 24.6. The molecule has 2 aliphatic carbocycles. The molecular formula is C39H41Cl4N5O4. The molecule has 9 rings (SSSR count). The topological polar surface area (TPSA) is 99.9 Å². The van der Waals surface area contributed by atoms with Crippen LogP contribution >= 0.6 is 47.2 Å². The maximum Gasteiger partial charge on any atom is 0.286 e. The third kappa shape index (κ3) is 6.17. The van der Waals surface area contributed by atoms with E-state index in [4.69, 9.17) is 39.5 Å². The number of carbonyl (C=O) groups excluding carboxylic acids is 2. The van der Waals surface area contributed by atoms with E-state index in [9.17, 15) is 14.7 Å². The van der Waals surface area contributed by atoms with Crippen molar-refractivity contribution in [2.45, 2.75) is 69.4 Å². The van der Waals surface area contributed by atoms with Gasteiger partial charge in [-0.1, -0.05) is 59.4 Å². The number of hydrogen-bond donors (Lipinski definition) is 2. The van der Waals surface area contributed by atoms with Crippen molar-refractivity contribution in [3.8, 4) is 28.4 Å². The molecule has 13 heteroatoms. The molecule has 2 saturated heterocycles. The monoisotopic (exact) mass is 783 g/mol. The van der Waals surface area contributed by atoms with Gasteiger partial charge in [-0.3, -0.25) is 15.0 Å². The molecule has 2 bridgehead atoms. The number of phenols is 1. The zero-order valence-electron chi connectivity index (χ0n) is 29.0. The predicted octanol–water partition coefficient (Wildman–Crippen LogP) is 7.99. The van der Waals surface area contributed by atoms with Gasteiger partial charge in [-0.05, 0) is 100 Å². The SMILES string of the molecule is CN1CC[C@]23c4c5ccc(O)c4O[C@H]2C(=O)CC[C@H]3[C@H]1C5.Cc1c(C(=O)NN2CCCCC2)nn(-c2ccc(Cl)cc2Cl)c1-c1ccc(Cl)cc1.Cl. The molecule has 4 heterocycles. The Labute approximate surface area is 324 Å². The number of hydrazine groups is 1. The molecule has 1 saturated carbocycles. The minimum absolute atomic E-state index is 0. The largest absolute Gasteiger partial charge is 0.504 e. The second-order valence-corrected chi connectivity index (χ2v) is 15.7. The van der Waals surface area contributed by atoms with E-state index >= 15 is 0 Å². The number of rotatable bonds is 4. The molecule has 3 aromatic carbocycles. The third-order valence-electron chi connectivity index (χ3n) is 11.6. The Morgan fingerprint density at radius 2 is 1.73 bits per heavy atom. The molecule has 1 amide bonds. The third-order valence-corrected chi connectivity index (χ3v) is 12.4. The minimum Gasteiger partial charge on any atom is -0.504 e. The Hall–Kier alpha value is -3.31. The van der Waals surface area contributed by atoms with Crippen LogP contribution in [0, 0.1) is 12.8 Å². The zero-order valence-corrected chi connectivity index (χ0v) is 32.1. The van der Waals surface area contributed by atoms with Crippen molar-refractivity contribution in [1.29, 1.82) is 0 Å². The van der Waals surface area contributed by atoms with Crippen molar-refractivity contribution < 1.29 is 19.4 Å². The number of amides is 1. The standard InChI is InChI=1S/C22H21Cl3N4O.C17H19NO3.ClH/c1-14-20(22(30)27-28-11-3-2-4-12-28)26-29(19-10-9-17(24)13-18(19)25)21(14)15-5-7-16(23)8-6-15;1-18-7-6-17-10-3-5-13(20)16(17)21-15-12(19)4-2-9(14(15)17)8-11(10)18;/h5-10,13H,2-4,11-12H2,1H3,(H,27,30);2,4,10-11,16,19H,3,5-8H2,1H3;1H/t;10-,11+,16-,17-;/m.0./s1. The van der Waals surface area contributed by atoms with Gasteiger partial charge in [-0.2, -0.15) is 5.10 Å². The summed E-state index contributed by atoms with van der Waals surface area (Å²) in [7, 11) is 2.20. The second-order valence-electron chi connectivity index (χ2n) is 14.4. The van der Waals surface area contributed by atoms with Gasteiger partial charge in [-0.15, -0.1) is 12.4 Å². The molecule has 274 valence electrons. The van der Waals surface area contributed by atoms with Crippen LogP contribution in [0.15, 0.2) is 54.6 Å². The van der Waals surface area contributed by atoms with E-state index in [1.54, 1.807) is 28.9 Å². The lowest BCUT2D eigenvalue weighted by Gasteiger charge is -2.57. The smallest absolute Gasteiger partial charge is 0.286 e. The summed E-state index contributed by atoms with van der Waals surface area (Å²) in [6.07, 6.45) is 6.52. The molecule has 0 radical (unpaired) electrons. The fraction of sp³-hybridized carbons (Fsp3) is 0.410. The Morgan fingerprint density at radius 3 is 2.46 bits per heavy atom. The number of hydrogen-bond acceptors (Lipinski definition) is 7. The van der Waals surface area contributed by atoms with Gasteiger partial charge in [0.2, 0.25) is 0 Å². The highest BCUT2D eigenvalue weighted by atomic mass is 35.5. The molecule has 4 aromatic rings. The van der Waals surface area contributed by atoms with E-state index in [1.807, 2.05) is 42.3 Å². The molecule has 2 N–H and O–H groups in total. The number of piperidine rings is 2. The zero-order chi connectivity index (χ0) is 35.6. The molecule has 9 nitrogen and oxygen atoms in total. The van der Waals surface area contributed by atoms with Crippen LogP contribution in [0.4, 0.5) is 0 Å². The molecule has 1 spiro atoms. The van der Waals surface area contributed by atoms with E-state index in [2.05, 4.69) is 22.5 Å². The summed E-state index contributed by atoms with van der Waals surface area (Å²) in [6.45, 7) is 4.59. The average molecular weight is 786 g/mol. The number of halogens is 4. The molecule has 52 heavy (non-hydrogen) atoms. The van der Waals surface area contributed by atoms with Gasteiger partial charge in [0.1, 0.15) is 0 Å². The number of ether oxygens (including phenoxy) is 1. The van der Waals surface area contributed by atoms with Gasteiger partial charge in [-0.25, -0.2) is 9.69 Å². The molecule has 3 aliphatic heterocycles. The summed E-state index contributed by atoms with van der Waals surface area (Å²) in [5.41, 5.74) is 8.68. The Balaban J connectivity index is 0.000000167. The number of phenolic OH excluding ortho intramolecular Hbond substituents is 1. The molecule has 0 unspecified atom stereocenters. The van der Waals surface area contributed by atoms with Crippen molar-refractivity contribution in [3.63, 3.8) is 0 Å². The highest BCUT2D eigenvalue weighted by Gasteiger charge is 2.65. The van der Waals surface area contributed by atoms with Crippen molar-refractivity contribution >= 4 is 58.9 Å². The second kappa shape index (κ2) is 14.5. The van der Waals surface area contributed by atoms with Gasteiger partial charge < -0.3 is 14.7 Å². The Morgan fingerprint density at radius 1 is 1.00 bits per heavy atom. The van der Waals surface area contributed by atoms with Crippen molar-refractivity contribution in [1.82, 2.24) is 25.1 Å². The van der Waals surface area contributed by atoms with Gasteiger partial charge in [0, 0.05) is 57.7 Å². The van der Waals surface area contributed by atoms with E-state index in [1.165, 1.54) is 12.0 Å². The highest BCUT2D eigenvalue weighted by Crippen LogP contribution is 2.62. The highest BCUT2D eigenvalue weighted by molar-refractivity contribution is 6.35. The fourth-order valence-electron chi connectivity index (χ4n) is 9.21. The number of aromatic hydroxyl groups is 1. The van der Waals surface area contributed by atoms with Crippen LogP contribution in [0.25, 0.3) is 16.9 Å².